The Kier molecular flexibility index (Phi) is 5.22. The van der Waals surface area contributed by atoms with Crippen LogP contribution in [0, 0.1) is 0 Å². The summed E-state index contributed by atoms with van der Waals surface area (Å²) >= 11 is 5.86. The van der Waals surface area contributed by atoms with Crippen molar-refractivity contribution in [2.45, 2.75) is 33.1 Å². The van der Waals surface area contributed by atoms with E-state index in [9.17, 15) is 4.79 Å². The maximum atomic E-state index is 12.2. The van der Waals surface area contributed by atoms with Gasteiger partial charge in [0.05, 0.1) is 5.71 Å². The molecule has 0 heterocycles. The molecule has 23 heavy (non-hydrogen) atoms. The summed E-state index contributed by atoms with van der Waals surface area (Å²) in [6.45, 7) is 8.26. The molecule has 0 saturated carbocycles. The molecule has 3 nitrogen and oxygen atoms in total. The highest BCUT2D eigenvalue weighted by molar-refractivity contribution is 6.30. The zero-order valence-electron chi connectivity index (χ0n) is 13.9. The molecule has 2 rings (SSSR count). The first-order valence-electron chi connectivity index (χ1n) is 7.48. The monoisotopic (exact) mass is 328 g/mol. The molecule has 1 N–H and O–H groups in total. The summed E-state index contributed by atoms with van der Waals surface area (Å²) in [4.78, 5) is 12.2. The van der Waals surface area contributed by atoms with Gasteiger partial charge in [-0.2, -0.15) is 5.10 Å². The van der Waals surface area contributed by atoms with Crippen LogP contribution in [0.1, 0.15) is 49.2 Å². The topological polar surface area (TPSA) is 41.5 Å². The van der Waals surface area contributed by atoms with Crippen molar-refractivity contribution in [3.63, 3.8) is 0 Å². The van der Waals surface area contributed by atoms with Gasteiger partial charge in [-0.25, -0.2) is 5.43 Å². The number of hydrazone groups is 1. The Bertz CT molecular complexity index is 711. The molecule has 0 atom stereocenters. The van der Waals surface area contributed by atoms with Crippen LogP contribution in [0.15, 0.2) is 53.6 Å². The summed E-state index contributed by atoms with van der Waals surface area (Å²) in [5.41, 5.74) is 6.07. The lowest BCUT2D eigenvalue weighted by Crippen LogP contribution is -2.20. The van der Waals surface area contributed by atoms with E-state index in [0.717, 1.165) is 11.3 Å². The Labute approximate surface area is 142 Å². The van der Waals surface area contributed by atoms with Crippen LogP contribution < -0.4 is 5.43 Å². The van der Waals surface area contributed by atoms with Crippen molar-refractivity contribution in [3.05, 3.63) is 70.2 Å². The van der Waals surface area contributed by atoms with Crippen LogP contribution in [0.5, 0.6) is 0 Å². The number of hydrogen-bond donors (Lipinski definition) is 1. The molecule has 2 aromatic rings. The van der Waals surface area contributed by atoms with Gasteiger partial charge in [0.2, 0.25) is 0 Å². The normalized spacial score (nSPS) is 12.1. The SMILES string of the molecule is C/C(=N\NC(=O)c1ccc(C(C)(C)C)cc1)c1ccc(Cl)cc1. The molecule has 0 aliphatic rings. The maximum Gasteiger partial charge on any atom is 0.271 e. The molecule has 0 bridgehead atoms. The van der Waals surface area contributed by atoms with Gasteiger partial charge in [-0.1, -0.05) is 56.6 Å². The number of nitrogens with one attached hydrogen (secondary N) is 1. The highest BCUT2D eigenvalue weighted by Gasteiger charge is 2.14. The van der Waals surface area contributed by atoms with E-state index in [2.05, 4.69) is 31.3 Å². The van der Waals surface area contributed by atoms with Gasteiger partial charge in [-0.3, -0.25) is 4.79 Å². The number of benzene rings is 2. The van der Waals surface area contributed by atoms with E-state index in [1.54, 1.807) is 12.1 Å². The number of rotatable bonds is 3. The predicted octanol–water partition coefficient (Wildman–Crippen LogP) is 4.79. The molecule has 0 saturated heterocycles. The van der Waals surface area contributed by atoms with Crippen molar-refractivity contribution < 1.29 is 4.79 Å². The van der Waals surface area contributed by atoms with E-state index < -0.39 is 0 Å². The fraction of sp³-hybridized carbons (Fsp3) is 0.263. The van der Waals surface area contributed by atoms with Gasteiger partial charge in [-0.05, 0) is 47.7 Å². The lowest BCUT2D eigenvalue weighted by atomic mass is 9.87. The number of carbonyl (C=O) groups is 1. The van der Waals surface area contributed by atoms with Gasteiger partial charge in [0.1, 0.15) is 0 Å². The summed E-state index contributed by atoms with van der Waals surface area (Å²) in [7, 11) is 0. The summed E-state index contributed by atoms with van der Waals surface area (Å²) < 4.78 is 0. The second kappa shape index (κ2) is 6.97. The van der Waals surface area contributed by atoms with Crippen LogP contribution in [-0.4, -0.2) is 11.6 Å². The number of amides is 1. The number of nitrogens with zero attached hydrogens (tertiary/aromatic N) is 1. The predicted molar refractivity (Wildman–Crippen MR) is 96.3 cm³/mol. The van der Waals surface area contributed by atoms with Gasteiger partial charge < -0.3 is 0 Å². The molecule has 0 spiro atoms. The fourth-order valence-corrected chi connectivity index (χ4v) is 2.20. The number of hydrogen-bond acceptors (Lipinski definition) is 2. The van der Waals surface area contributed by atoms with Gasteiger partial charge in [0, 0.05) is 10.6 Å². The molecule has 0 aliphatic heterocycles. The highest BCUT2D eigenvalue weighted by atomic mass is 35.5. The van der Waals surface area contributed by atoms with E-state index in [0.29, 0.717) is 10.6 Å². The lowest BCUT2D eigenvalue weighted by molar-refractivity contribution is 0.0955. The Morgan fingerprint density at radius 1 is 0.957 bits per heavy atom. The third-order valence-corrected chi connectivity index (χ3v) is 3.85. The molecular formula is C19H21ClN2O. The molecule has 0 aromatic heterocycles. The van der Waals surface area contributed by atoms with Gasteiger partial charge >= 0.3 is 0 Å². The summed E-state index contributed by atoms with van der Waals surface area (Å²) in [6.07, 6.45) is 0. The van der Waals surface area contributed by atoms with Crippen LogP contribution >= 0.6 is 11.6 Å². The van der Waals surface area contributed by atoms with Crippen LogP contribution in [-0.2, 0) is 5.41 Å². The van der Waals surface area contributed by atoms with E-state index in [1.165, 1.54) is 5.56 Å². The smallest absolute Gasteiger partial charge is 0.267 e. The van der Waals surface area contributed by atoms with E-state index in [4.69, 9.17) is 11.6 Å². The first kappa shape index (κ1) is 17.2. The van der Waals surface area contributed by atoms with Crippen molar-refractivity contribution in [1.29, 1.82) is 0 Å². The average molecular weight is 329 g/mol. The maximum absolute atomic E-state index is 12.2. The summed E-state index contributed by atoms with van der Waals surface area (Å²) in [5.74, 6) is -0.223. The summed E-state index contributed by atoms with van der Waals surface area (Å²) in [5, 5.41) is 4.82. The third-order valence-electron chi connectivity index (χ3n) is 3.60. The van der Waals surface area contributed by atoms with Crippen LogP contribution in [0.25, 0.3) is 0 Å². The van der Waals surface area contributed by atoms with E-state index in [-0.39, 0.29) is 11.3 Å². The minimum Gasteiger partial charge on any atom is -0.267 e. The second-order valence-corrected chi connectivity index (χ2v) is 6.91. The Hall–Kier alpha value is -2.13. The number of carbonyl (C=O) groups excluding carboxylic acids is 1. The molecule has 2 aromatic carbocycles. The highest BCUT2D eigenvalue weighted by Crippen LogP contribution is 2.22. The van der Waals surface area contributed by atoms with Gasteiger partial charge in [0.15, 0.2) is 0 Å². The van der Waals surface area contributed by atoms with Crippen molar-refractivity contribution in [2.24, 2.45) is 5.10 Å². The molecule has 0 fully saturated rings. The lowest BCUT2D eigenvalue weighted by Gasteiger charge is -2.18. The first-order valence-corrected chi connectivity index (χ1v) is 7.86. The zero-order valence-corrected chi connectivity index (χ0v) is 14.6. The van der Waals surface area contributed by atoms with Crippen LogP contribution in [0.2, 0.25) is 5.02 Å². The minimum atomic E-state index is -0.223. The largest absolute Gasteiger partial charge is 0.271 e. The van der Waals surface area contributed by atoms with Crippen molar-refractivity contribution in [1.82, 2.24) is 5.43 Å². The van der Waals surface area contributed by atoms with Gasteiger partial charge in [0.25, 0.3) is 5.91 Å². The van der Waals surface area contributed by atoms with Crippen molar-refractivity contribution >= 4 is 23.2 Å². The quantitative estimate of drug-likeness (QED) is 0.638. The summed E-state index contributed by atoms with van der Waals surface area (Å²) in [6, 6.07) is 14.9. The van der Waals surface area contributed by atoms with Crippen molar-refractivity contribution in [3.8, 4) is 0 Å². The molecule has 0 radical (unpaired) electrons. The van der Waals surface area contributed by atoms with Crippen LogP contribution in [0.4, 0.5) is 0 Å². The van der Waals surface area contributed by atoms with Crippen LogP contribution in [0.3, 0.4) is 0 Å². The molecule has 4 heteroatoms. The first-order chi connectivity index (χ1) is 10.8. The van der Waals surface area contributed by atoms with Gasteiger partial charge in [-0.15, -0.1) is 0 Å². The number of halogens is 1. The second-order valence-electron chi connectivity index (χ2n) is 6.47. The Morgan fingerprint density at radius 2 is 1.48 bits per heavy atom. The molecule has 0 aliphatic carbocycles. The Balaban J connectivity index is 2.07. The fourth-order valence-electron chi connectivity index (χ4n) is 2.08. The molecule has 0 unspecified atom stereocenters. The molecule has 1 amide bonds. The molecular weight excluding hydrogens is 308 g/mol. The zero-order chi connectivity index (χ0) is 17.0. The Morgan fingerprint density at radius 3 is 2.00 bits per heavy atom. The van der Waals surface area contributed by atoms with E-state index >= 15 is 0 Å². The van der Waals surface area contributed by atoms with E-state index in [1.807, 2.05) is 43.3 Å². The third kappa shape index (κ3) is 4.67. The average Bonchev–Trinajstić information content (AvgIpc) is 2.52. The van der Waals surface area contributed by atoms with Crippen molar-refractivity contribution in [2.75, 3.05) is 0 Å². The molecule has 120 valence electrons. The standard InChI is InChI=1S/C19H21ClN2O/c1-13(14-7-11-17(20)12-8-14)21-22-18(23)15-5-9-16(10-6-15)19(2,3)4/h5-12H,1-4H3,(H,22,23)/b21-13+. The minimum absolute atomic E-state index is 0.0678.